The first-order valence-electron chi connectivity index (χ1n) is 4.40. The smallest absolute Gasteiger partial charge is 1.00 e. The van der Waals surface area contributed by atoms with Gasteiger partial charge in [-0.3, -0.25) is 0 Å². The van der Waals surface area contributed by atoms with Gasteiger partial charge in [0.05, 0.1) is 0 Å². The zero-order valence-corrected chi connectivity index (χ0v) is 10.7. The van der Waals surface area contributed by atoms with E-state index in [1.807, 2.05) is 0 Å². The Morgan fingerprint density at radius 1 is 1.38 bits per heavy atom. The van der Waals surface area contributed by atoms with E-state index < -0.39 is 0 Å². The van der Waals surface area contributed by atoms with Gasteiger partial charge in [0.15, 0.2) is 0 Å². The Hall–Kier alpha value is 0.356. The summed E-state index contributed by atoms with van der Waals surface area (Å²) in [4.78, 5) is 0. The molecule has 0 saturated carbocycles. The van der Waals surface area contributed by atoms with Gasteiger partial charge in [0.1, 0.15) is 0 Å². The molecule has 0 aliphatic carbocycles. The third-order valence-electron chi connectivity index (χ3n) is 1.84. The average molecular weight is 209 g/mol. The number of hydrogen-bond acceptors (Lipinski definition) is 0. The van der Waals surface area contributed by atoms with Crippen LogP contribution < -0.4 is 12.4 Å². The van der Waals surface area contributed by atoms with Crippen LogP contribution in [-0.2, 0) is 0 Å². The van der Waals surface area contributed by atoms with Crippen LogP contribution in [0.5, 0.6) is 0 Å². The molecule has 1 atom stereocenters. The molecular formula is C11H17ClMg. The quantitative estimate of drug-likeness (QED) is 0.189. The van der Waals surface area contributed by atoms with E-state index in [4.69, 9.17) is 6.42 Å². The second kappa shape index (κ2) is 14.9. The van der Waals surface area contributed by atoms with Crippen molar-refractivity contribution >= 4 is 23.1 Å². The molecule has 0 bridgehead atoms. The first-order valence-corrected chi connectivity index (χ1v) is 4.40. The topological polar surface area (TPSA) is 0 Å². The number of halogens is 1. The van der Waals surface area contributed by atoms with Crippen molar-refractivity contribution in [2.75, 3.05) is 0 Å². The molecule has 0 heterocycles. The van der Waals surface area contributed by atoms with E-state index >= 15 is 0 Å². The van der Waals surface area contributed by atoms with Crippen molar-refractivity contribution in [3.8, 4) is 5.92 Å². The minimum atomic E-state index is 0. The van der Waals surface area contributed by atoms with Gasteiger partial charge in [-0.05, 0) is 12.3 Å². The molecule has 0 spiro atoms. The van der Waals surface area contributed by atoms with Crippen molar-refractivity contribution in [2.24, 2.45) is 5.92 Å². The fourth-order valence-corrected chi connectivity index (χ4v) is 1.04. The zero-order valence-electron chi connectivity index (χ0n) is 8.48. The van der Waals surface area contributed by atoms with Gasteiger partial charge in [0, 0.05) is 0 Å². The van der Waals surface area contributed by atoms with E-state index in [-0.39, 0.29) is 41.4 Å². The summed E-state index contributed by atoms with van der Waals surface area (Å²) < 4.78 is 0. The molecule has 0 fully saturated rings. The molecule has 2 heteroatoms. The largest absolute Gasteiger partial charge is 2.00 e. The van der Waals surface area contributed by atoms with E-state index in [1.165, 1.54) is 25.7 Å². The third kappa shape index (κ3) is 12.4. The summed E-state index contributed by atoms with van der Waals surface area (Å²) in [6.45, 7) is 5.85. The molecule has 0 aliphatic rings. The summed E-state index contributed by atoms with van der Waals surface area (Å²) in [6, 6.07) is 0. The summed E-state index contributed by atoms with van der Waals surface area (Å²) in [5, 5.41) is 0. The minimum absolute atomic E-state index is 0. The van der Waals surface area contributed by atoms with Gasteiger partial charge in [-0.1, -0.05) is 38.7 Å². The second-order valence-electron chi connectivity index (χ2n) is 2.84. The van der Waals surface area contributed by atoms with Crippen LogP contribution >= 0.6 is 0 Å². The van der Waals surface area contributed by atoms with Gasteiger partial charge in [0.2, 0.25) is 0 Å². The summed E-state index contributed by atoms with van der Waals surface area (Å²) in [5.41, 5.74) is 0. The molecule has 0 nitrogen and oxygen atoms in total. The van der Waals surface area contributed by atoms with Crippen LogP contribution in [-0.4, -0.2) is 23.1 Å². The minimum Gasteiger partial charge on any atom is -1.00 e. The molecule has 0 saturated heterocycles. The van der Waals surface area contributed by atoms with E-state index in [1.54, 1.807) is 6.08 Å². The monoisotopic (exact) mass is 208 g/mol. The normalized spacial score (nSPS) is 10.2. The summed E-state index contributed by atoms with van der Waals surface area (Å²) in [6.07, 6.45) is 14.8. The van der Waals surface area contributed by atoms with E-state index in [9.17, 15) is 0 Å². The van der Waals surface area contributed by atoms with Crippen molar-refractivity contribution in [3.63, 3.8) is 0 Å². The van der Waals surface area contributed by atoms with Gasteiger partial charge in [-0.2, -0.15) is 0 Å². The van der Waals surface area contributed by atoms with Crippen molar-refractivity contribution in [1.29, 1.82) is 0 Å². The van der Waals surface area contributed by atoms with Crippen LogP contribution in [0, 0.1) is 18.3 Å². The van der Waals surface area contributed by atoms with Gasteiger partial charge in [-0.15, -0.1) is 6.58 Å². The first kappa shape index (κ1) is 19.0. The Balaban J connectivity index is -0.000000500. The van der Waals surface area contributed by atoms with E-state index in [0.29, 0.717) is 0 Å². The van der Waals surface area contributed by atoms with Gasteiger partial charge >= 0.3 is 23.1 Å². The van der Waals surface area contributed by atoms with Crippen molar-refractivity contribution in [1.82, 2.24) is 0 Å². The molecule has 0 aliphatic heterocycles. The van der Waals surface area contributed by atoms with Gasteiger partial charge in [0.25, 0.3) is 0 Å². The molecule has 0 aromatic carbocycles. The van der Waals surface area contributed by atoms with Gasteiger partial charge in [-0.25, -0.2) is 0 Å². The fraction of sp³-hybridized carbons (Fsp3) is 0.636. The maximum Gasteiger partial charge on any atom is 2.00 e. The molecule has 0 N–H and O–H groups in total. The number of rotatable bonds is 6. The molecule has 0 rings (SSSR count). The van der Waals surface area contributed by atoms with Crippen LogP contribution in [0.15, 0.2) is 12.7 Å². The molecular weight excluding hydrogens is 192 g/mol. The molecule has 1 unspecified atom stereocenters. The maximum absolute atomic E-state index is 6.92. The van der Waals surface area contributed by atoms with Crippen molar-refractivity contribution in [3.05, 3.63) is 19.1 Å². The van der Waals surface area contributed by atoms with E-state index in [0.717, 1.165) is 6.42 Å². The summed E-state index contributed by atoms with van der Waals surface area (Å²) >= 11 is 0. The average Bonchev–Trinajstić information content (AvgIpc) is 2.05. The number of hydrogen-bond donors (Lipinski definition) is 0. The van der Waals surface area contributed by atoms with Crippen LogP contribution in [0.1, 0.15) is 39.0 Å². The molecule has 13 heavy (non-hydrogen) atoms. The predicted octanol–water partition coefficient (Wildman–Crippen LogP) is -0.0280. The third-order valence-corrected chi connectivity index (χ3v) is 1.84. The number of allylic oxidation sites excluding steroid dienone is 1. The standard InChI is InChI=1S/C11H17.ClH.Mg/c1-4-7-8-9-10-11(5-2)6-3;;/h5,11H,2,4,7-10H2,1H3;1H;/q-1;;+2/p-1. The molecule has 0 aromatic heterocycles. The fourth-order valence-electron chi connectivity index (χ4n) is 1.04. The van der Waals surface area contributed by atoms with Gasteiger partial charge < -0.3 is 24.8 Å². The zero-order chi connectivity index (χ0) is 8.53. The van der Waals surface area contributed by atoms with Crippen molar-refractivity contribution < 1.29 is 12.4 Å². The Morgan fingerprint density at radius 3 is 2.38 bits per heavy atom. The SMILES string of the molecule is [C-]#CC(C=C)CCCCCC.[Cl-].[Mg+2]. The van der Waals surface area contributed by atoms with Crippen LogP contribution in [0.3, 0.4) is 0 Å². The predicted molar refractivity (Wildman–Crippen MR) is 55.3 cm³/mol. The Bertz CT molecular complexity index is 138. The van der Waals surface area contributed by atoms with Crippen molar-refractivity contribution in [2.45, 2.75) is 39.0 Å². The molecule has 0 aromatic rings. The second-order valence-corrected chi connectivity index (χ2v) is 2.84. The summed E-state index contributed by atoms with van der Waals surface area (Å²) in [5.74, 6) is 2.65. The first-order chi connectivity index (χ1) is 5.35. The van der Waals surface area contributed by atoms with E-state index in [2.05, 4.69) is 19.4 Å². The van der Waals surface area contributed by atoms with Crippen LogP contribution in [0.2, 0.25) is 0 Å². The maximum atomic E-state index is 6.92. The number of unbranched alkanes of at least 4 members (excludes halogenated alkanes) is 3. The Labute approximate surface area is 105 Å². The molecule has 0 radical (unpaired) electrons. The molecule has 70 valence electrons. The Morgan fingerprint density at radius 2 is 2.00 bits per heavy atom. The van der Waals surface area contributed by atoms with Crippen LogP contribution in [0.4, 0.5) is 0 Å². The molecule has 0 amide bonds. The van der Waals surface area contributed by atoms with Crippen LogP contribution in [0.25, 0.3) is 0 Å². The Kier molecular flexibility index (Phi) is 21.7. The summed E-state index contributed by atoms with van der Waals surface area (Å²) in [7, 11) is 0.